The van der Waals surface area contributed by atoms with E-state index in [1.807, 2.05) is 0 Å². The van der Waals surface area contributed by atoms with Gasteiger partial charge in [0.15, 0.2) is 0 Å². The average Bonchev–Trinajstić information content (AvgIpc) is 2.38. The summed E-state index contributed by atoms with van der Waals surface area (Å²) in [4.78, 5) is 2.33. The molecule has 19 heavy (non-hydrogen) atoms. The van der Waals surface area contributed by atoms with E-state index in [-0.39, 0.29) is 17.0 Å². The fraction of sp³-hybridized carbons (Fsp3) is 0.600. The Kier molecular flexibility index (Phi) is 4.53. The Morgan fingerprint density at radius 3 is 2.63 bits per heavy atom. The molecule has 1 saturated heterocycles. The van der Waals surface area contributed by atoms with Crippen LogP contribution in [0.1, 0.15) is 25.3 Å². The minimum Gasteiger partial charge on any atom is -0.312 e. The number of rotatable bonds is 4. The number of piperidine rings is 1. The Balaban J connectivity index is 1.84. The van der Waals surface area contributed by atoms with E-state index in [9.17, 15) is 8.78 Å². The molecular weight excluding hydrogens is 246 g/mol. The van der Waals surface area contributed by atoms with E-state index < -0.39 is 0 Å². The normalized spacial score (nSPS) is 19.6. The van der Waals surface area contributed by atoms with Gasteiger partial charge in [-0.2, -0.15) is 0 Å². The zero-order valence-corrected chi connectivity index (χ0v) is 11.7. The molecule has 0 unspecified atom stereocenters. The third kappa shape index (κ3) is 3.98. The molecule has 0 spiro atoms. The minimum atomic E-state index is -0.385. The summed E-state index contributed by atoms with van der Waals surface area (Å²) in [7, 11) is 2.13. The zero-order valence-electron chi connectivity index (χ0n) is 11.7. The van der Waals surface area contributed by atoms with Gasteiger partial charge in [-0.3, -0.25) is 0 Å². The third-order valence-electron chi connectivity index (χ3n) is 4.07. The molecule has 0 radical (unpaired) electrons. The molecule has 0 amide bonds. The first-order valence-corrected chi connectivity index (χ1v) is 6.82. The van der Waals surface area contributed by atoms with Crippen molar-refractivity contribution in [3.05, 3.63) is 35.4 Å². The summed E-state index contributed by atoms with van der Waals surface area (Å²) in [5.74, 6) is -0.730. The van der Waals surface area contributed by atoms with Crippen LogP contribution in [0.4, 0.5) is 8.78 Å². The summed E-state index contributed by atoms with van der Waals surface area (Å²) in [6.45, 7) is 5.69. The number of likely N-dealkylation sites (tertiary alicyclic amines) is 1. The molecule has 4 heteroatoms. The van der Waals surface area contributed by atoms with E-state index in [1.165, 1.54) is 12.1 Å². The Bertz CT molecular complexity index is 426. The van der Waals surface area contributed by atoms with Gasteiger partial charge < -0.3 is 10.2 Å². The van der Waals surface area contributed by atoms with Crippen LogP contribution < -0.4 is 5.32 Å². The van der Waals surface area contributed by atoms with Crippen molar-refractivity contribution in [1.29, 1.82) is 0 Å². The van der Waals surface area contributed by atoms with Crippen LogP contribution in [0.2, 0.25) is 0 Å². The second kappa shape index (κ2) is 5.97. The molecule has 1 aromatic rings. The molecule has 1 aliphatic heterocycles. The third-order valence-corrected chi connectivity index (χ3v) is 4.07. The highest BCUT2D eigenvalue weighted by Gasteiger charge is 2.28. The number of nitrogens with one attached hydrogen (secondary N) is 1. The predicted molar refractivity (Wildman–Crippen MR) is 72.9 cm³/mol. The summed E-state index contributed by atoms with van der Waals surface area (Å²) in [6, 6.07) is 3.60. The van der Waals surface area contributed by atoms with Crippen LogP contribution in [0.3, 0.4) is 0 Å². The minimum absolute atomic E-state index is 0.260. The van der Waals surface area contributed by atoms with Crippen molar-refractivity contribution in [2.45, 2.75) is 26.3 Å². The largest absolute Gasteiger partial charge is 0.312 e. The molecule has 0 aromatic heterocycles. The Morgan fingerprint density at radius 2 is 1.95 bits per heavy atom. The van der Waals surface area contributed by atoms with Crippen molar-refractivity contribution in [3.8, 4) is 0 Å². The van der Waals surface area contributed by atoms with Crippen LogP contribution in [-0.2, 0) is 6.54 Å². The van der Waals surface area contributed by atoms with Crippen LogP contribution in [0, 0.1) is 17.0 Å². The van der Waals surface area contributed by atoms with Crippen LogP contribution in [-0.4, -0.2) is 31.6 Å². The maximum absolute atomic E-state index is 13.5. The van der Waals surface area contributed by atoms with Gasteiger partial charge >= 0.3 is 0 Å². The van der Waals surface area contributed by atoms with Gasteiger partial charge in [0.1, 0.15) is 11.6 Å². The maximum atomic E-state index is 13.5. The van der Waals surface area contributed by atoms with Gasteiger partial charge in [0.25, 0.3) is 0 Å². The molecule has 0 atom stereocenters. The van der Waals surface area contributed by atoms with Gasteiger partial charge in [-0.25, -0.2) is 8.78 Å². The van der Waals surface area contributed by atoms with Gasteiger partial charge in [0.05, 0.1) is 0 Å². The average molecular weight is 268 g/mol. The lowest BCUT2D eigenvalue weighted by Gasteiger charge is -2.38. The summed E-state index contributed by atoms with van der Waals surface area (Å²) in [5.41, 5.74) is 0.660. The number of hydrogen-bond acceptors (Lipinski definition) is 2. The number of nitrogens with zero attached hydrogens (tertiary/aromatic N) is 1. The lowest BCUT2D eigenvalue weighted by atomic mass is 9.80. The van der Waals surface area contributed by atoms with Gasteiger partial charge in [-0.05, 0) is 56.6 Å². The molecule has 0 saturated carbocycles. The van der Waals surface area contributed by atoms with Crippen LogP contribution in [0.15, 0.2) is 18.2 Å². The van der Waals surface area contributed by atoms with E-state index >= 15 is 0 Å². The highest BCUT2D eigenvalue weighted by atomic mass is 19.1. The molecule has 0 aliphatic carbocycles. The molecule has 1 aromatic carbocycles. The van der Waals surface area contributed by atoms with Crippen molar-refractivity contribution < 1.29 is 8.78 Å². The van der Waals surface area contributed by atoms with Crippen molar-refractivity contribution in [3.63, 3.8) is 0 Å². The molecule has 1 N–H and O–H groups in total. The van der Waals surface area contributed by atoms with E-state index in [4.69, 9.17) is 0 Å². The molecular formula is C15H22F2N2. The lowest BCUT2D eigenvalue weighted by molar-refractivity contribution is 0.136. The fourth-order valence-electron chi connectivity index (χ4n) is 2.51. The lowest BCUT2D eigenvalue weighted by Crippen LogP contribution is -2.41. The first-order chi connectivity index (χ1) is 8.98. The molecule has 1 heterocycles. The maximum Gasteiger partial charge on any atom is 0.127 e. The fourth-order valence-corrected chi connectivity index (χ4v) is 2.51. The predicted octanol–water partition coefficient (Wildman–Crippen LogP) is 2.79. The van der Waals surface area contributed by atoms with Crippen molar-refractivity contribution in [2.75, 3.05) is 26.7 Å². The number of hydrogen-bond donors (Lipinski definition) is 1. The second-order valence-corrected chi connectivity index (χ2v) is 5.95. The molecule has 2 rings (SSSR count). The van der Waals surface area contributed by atoms with Gasteiger partial charge in [0.2, 0.25) is 0 Å². The van der Waals surface area contributed by atoms with Crippen molar-refractivity contribution >= 4 is 0 Å². The highest BCUT2D eigenvalue weighted by molar-refractivity contribution is 5.18. The Morgan fingerprint density at radius 1 is 1.26 bits per heavy atom. The smallest absolute Gasteiger partial charge is 0.127 e. The Labute approximate surface area is 113 Å². The molecule has 1 fully saturated rings. The topological polar surface area (TPSA) is 15.3 Å². The van der Waals surface area contributed by atoms with Crippen LogP contribution in [0.25, 0.3) is 0 Å². The van der Waals surface area contributed by atoms with Gasteiger partial charge in [-0.15, -0.1) is 0 Å². The Hall–Kier alpha value is -1.00. The molecule has 0 bridgehead atoms. The summed E-state index contributed by atoms with van der Waals surface area (Å²) < 4.78 is 26.5. The van der Waals surface area contributed by atoms with E-state index in [2.05, 4.69) is 24.2 Å². The van der Waals surface area contributed by atoms with E-state index in [1.54, 1.807) is 0 Å². The molecule has 2 nitrogen and oxygen atoms in total. The van der Waals surface area contributed by atoms with Crippen molar-refractivity contribution in [1.82, 2.24) is 10.2 Å². The summed E-state index contributed by atoms with van der Waals surface area (Å²) in [6.07, 6.45) is 2.28. The quantitative estimate of drug-likeness (QED) is 0.903. The number of halogens is 2. The van der Waals surface area contributed by atoms with Crippen LogP contribution >= 0.6 is 0 Å². The summed E-state index contributed by atoms with van der Waals surface area (Å²) in [5, 5.41) is 3.27. The van der Waals surface area contributed by atoms with Gasteiger partial charge in [0, 0.05) is 18.7 Å². The zero-order chi connectivity index (χ0) is 13.9. The molecule has 1 aliphatic rings. The second-order valence-electron chi connectivity index (χ2n) is 5.95. The van der Waals surface area contributed by atoms with E-state index in [0.717, 1.165) is 38.5 Å². The SMILES string of the molecule is CN1CCC(C)(CNCc2cc(F)ccc2F)CC1. The number of benzene rings is 1. The van der Waals surface area contributed by atoms with Crippen LogP contribution in [0.5, 0.6) is 0 Å². The first kappa shape index (κ1) is 14.4. The van der Waals surface area contributed by atoms with E-state index in [0.29, 0.717) is 12.1 Å². The standard InChI is InChI=1S/C15H22F2N2/c1-15(5-7-19(2)8-6-15)11-18-10-12-9-13(16)3-4-14(12)17/h3-4,9,18H,5-8,10-11H2,1-2H3. The molecule has 106 valence electrons. The summed E-state index contributed by atoms with van der Waals surface area (Å²) >= 11 is 0. The van der Waals surface area contributed by atoms with Gasteiger partial charge in [-0.1, -0.05) is 6.92 Å². The monoisotopic (exact) mass is 268 g/mol. The first-order valence-electron chi connectivity index (χ1n) is 6.82. The van der Waals surface area contributed by atoms with Crippen molar-refractivity contribution in [2.24, 2.45) is 5.41 Å². The highest BCUT2D eigenvalue weighted by Crippen LogP contribution is 2.29.